The van der Waals surface area contributed by atoms with Crippen LogP contribution < -0.4 is 19.5 Å². The molecule has 33 heavy (non-hydrogen) atoms. The summed E-state index contributed by atoms with van der Waals surface area (Å²) in [7, 11) is 3.10. The van der Waals surface area contributed by atoms with Crippen molar-refractivity contribution in [3.63, 3.8) is 0 Å². The number of aromatic nitrogens is 1. The first-order valence-electron chi connectivity index (χ1n) is 10.2. The highest BCUT2D eigenvalue weighted by Crippen LogP contribution is 2.27. The van der Waals surface area contributed by atoms with Crippen LogP contribution in [-0.4, -0.2) is 37.7 Å². The van der Waals surface area contributed by atoms with E-state index in [9.17, 15) is 9.59 Å². The van der Waals surface area contributed by atoms with Gasteiger partial charge in [0.1, 0.15) is 17.4 Å². The molecule has 0 radical (unpaired) electrons. The number of ether oxygens (including phenoxy) is 4. The van der Waals surface area contributed by atoms with E-state index < -0.39 is 11.9 Å². The molecule has 3 aromatic rings. The monoisotopic (exact) mass is 470 g/mol. The average molecular weight is 471 g/mol. The molecule has 174 valence electrons. The molecule has 0 bridgehead atoms. The lowest BCUT2D eigenvalue weighted by Crippen LogP contribution is -2.28. The molecular formula is C24H26N2O6S. The maximum Gasteiger partial charge on any atom is 0.312 e. The number of thiazole rings is 1. The summed E-state index contributed by atoms with van der Waals surface area (Å²) >= 11 is 1.41. The van der Waals surface area contributed by atoms with Gasteiger partial charge < -0.3 is 24.3 Å². The largest absolute Gasteiger partial charge is 0.493 e. The zero-order valence-electron chi connectivity index (χ0n) is 18.8. The number of nitrogens with zero attached hydrogens (tertiary/aromatic N) is 1. The van der Waals surface area contributed by atoms with Crippen molar-refractivity contribution in [2.24, 2.45) is 0 Å². The molecule has 0 spiro atoms. The number of hydrogen-bond donors (Lipinski definition) is 1. The van der Waals surface area contributed by atoms with Gasteiger partial charge in [-0.2, -0.15) is 0 Å². The number of carbonyl (C=O) groups excluding carboxylic acids is 2. The standard InChI is InChI=1S/C24H26N2O6S/c1-16-4-7-19(8-5-16)31-14-23-26-18(15-33-23)11-24(28)32-13-22(27)25-12-17-6-9-20(29-2)21(10-17)30-3/h4-10,15H,11-14H2,1-3H3,(H,25,27). The summed E-state index contributed by atoms with van der Waals surface area (Å²) < 4.78 is 21.2. The molecule has 0 aliphatic carbocycles. The van der Waals surface area contributed by atoms with Crippen LogP contribution >= 0.6 is 11.3 Å². The second-order valence-corrected chi connectivity index (χ2v) is 8.08. The third kappa shape index (κ3) is 7.50. The van der Waals surface area contributed by atoms with Gasteiger partial charge in [0, 0.05) is 11.9 Å². The Bertz CT molecular complexity index is 1080. The van der Waals surface area contributed by atoms with Crippen LogP contribution in [0.4, 0.5) is 0 Å². The van der Waals surface area contributed by atoms with Gasteiger partial charge in [-0.05, 0) is 36.8 Å². The van der Waals surface area contributed by atoms with Gasteiger partial charge in [0.25, 0.3) is 5.91 Å². The number of methoxy groups -OCH3 is 2. The van der Waals surface area contributed by atoms with Crippen molar-refractivity contribution < 1.29 is 28.5 Å². The van der Waals surface area contributed by atoms with Gasteiger partial charge in [0.2, 0.25) is 0 Å². The van der Waals surface area contributed by atoms with E-state index in [1.807, 2.05) is 37.3 Å². The first-order chi connectivity index (χ1) is 16.0. The third-order valence-corrected chi connectivity index (χ3v) is 5.48. The van der Waals surface area contributed by atoms with Crippen molar-refractivity contribution >= 4 is 23.2 Å². The van der Waals surface area contributed by atoms with Gasteiger partial charge in [-0.1, -0.05) is 23.8 Å². The first kappa shape index (κ1) is 24.1. The zero-order valence-corrected chi connectivity index (χ0v) is 19.6. The smallest absolute Gasteiger partial charge is 0.312 e. The Morgan fingerprint density at radius 2 is 1.79 bits per heavy atom. The first-order valence-corrected chi connectivity index (χ1v) is 11.1. The van der Waals surface area contributed by atoms with E-state index in [1.54, 1.807) is 31.7 Å². The summed E-state index contributed by atoms with van der Waals surface area (Å²) in [5.74, 6) is 1.02. The summed E-state index contributed by atoms with van der Waals surface area (Å²) in [5.41, 5.74) is 2.57. The van der Waals surface area contributed by atoms with E-state index in [0.717, 1.165) is 21.9 Å². The molecule has 0 saturated carbocycles. The number of aryl methyl sites for hydroxylation is 1. The fourth-order valence-corrected chi connectivity index (χ4v) is 3.57. The Hall–Kier alpha value is -3.59. The van der Waals surface area contributed by atoms with Gasteiger partial charge >= 0.3 is 5.97 Å². The molecule has 3 rings (SSSR count). The van der Waals surface area contributed by atoms with Gasteiger partial charge in [-0.3, -0.25) is 9.59 Å². The highest BCUT2D eigenvalue weighted by Gasteiger charge is 2.12. The van der Waals surface area contributed by atoms with Crippen molar-refractivity contribution in [1.82, 2.24) is 10.3 Å². The molecule has 2 aromatic carbocycles. The molecule has 0 atom stereocenters. The normalized spacial score (nSPS) is 10.4. The summed E-state index contributed by atoms with van der Waals surface area (Å²) in [4.78, 5) is 28.5. The molecular weight excluding hydrogens is 444 g/mol. The quantitative estimate of drug-likeness (QED) is 0.429. The Kier molecular flexibility index (Phi) is 8.65. The lowest BCUT2D eigenvalue weighted by atomic mass is 10.2. The lowest BCUT2D eigenvalue weighted by molar-refractivity contribution is -0.147. The molecule has 0 aliphatic heterocycles. The van der Waals surface area contributed by atoms with Crippen LogP contribution in [-0.2, 0) is 33.9 Å². The van der Waals surface area contributed by atoms with Crippen molar-refractivity contribution in [2.45, 2.75) is 26.5 Å². The fraction of sp³-hybridized carbons (Fsp3) is 0.292. The lowest BCUT2D eigenvalue weighted by Gasteiger charge is -2.10. The van der Waals surface area contributed by atoms with Crippen molar-refractivity contribution in [1.29, 1.82) is 0 Å². The molecule has 1 aromatic heterocycles. The number of nitrogens with one attached hydrogen (secondary N) is 1. The van der Waals surface area contributed by atoms with Crippen LogP contribution in [0.5, 0.6) is 17.2 Å². The summed E-state index contributed by atoms with van der Waals surface area (Å²) in [6.45, 7) is 2.24. The highest BCUT2D eigenvalue weighted by atomic mass is 32.1. The Morgan fingerprint density at radius 3 is 2.52 bits per heavy atom. The van der Waals surface area contributed by atoms with Gasteiger partial charge in [-0.25, -0.2) is 4.98 Å². The van der Waals surface area contributed by atoms with Gasteiger partial charge in [0.15, 0.2) is 18.1 Å². The second-order valence-electron chi connectivity index (χ2n) is 7.14. The highest BCUT2D eigenvalue weighted by molar-refractivity contribution is 7.09. The molecule has 0 aliphatic rings. The molecule has 8 nitrogen and oxygen atoms in total. The number of esters is 1. The predicted molar refractivity (Wildman–Crippen MR) is 124 cm³/mol. The van der Waals surface area contributed by atoms with Crippen LogP contribution in [0, 0.1) is 6.92 Å². The fourth-order valence-electron chi connectivity index (χ4n) is 2.86. The molecule has 0 saturated heterocycles. The van der Waals surface area contributed by atoms with Crippen LogP contribution in [0.1, 0.15) is 21.8 Å². The van der Waals surface area contributed by atoms with E-state index in [0.29, 0.717) is 23.8 Å². The van der Waals surface area contributed by atoms with Crippen LogP contribution in [0.25, 0.3) is 0 Å². The Labute approximate surface area is 196 Å². The van der Waals surface area contributed by atoms with Crippen molar-refractivity contribution in [2.75, 3.05) is 20.8 Å². The molecule has 1 N–H and O–H groups in total. The Balaban J connectivity index is 1.38. The third-order valence-electron chi connectivity index (χ3n) is 4.61. The molecule has 1 amide bonds. The van der Waals surface area contributed by atoms with E-state index in [1.165, 1.54) is 11.3 Å². The second kappa shape index (κ2) is 11.9. The van der Waals surface area contributed by atoms with E-state index >= 15 is 0 Å². The van der Waals surface area contributed by atoms with Crippen molar-refractivity contribution in [3.05, 3.63) is 69.7 Å². The van der Waals surface area contributed by atoms with Crippen LogP contribution in [0.3, 0.4) is 0 Å². The number of hydrogen-bond acceptors (Lipinski definition) is 8. The Morgan fingerprint density at radius 1 is 1.03 bits per heavy atom. The average Bonchev–Trinajstić information content (AvgIpc) is 3.27. The van der Waals surface area contributed by atoms with Gasteiger partial charge in [0.05, 0.1) is 26.3 Å². The van der Waals surface area contributed by atoms with Crippen LogP contribution in [0.2, 0.25) is 0 Å². The molecule has 9 heteroatoms. The molecule has 0 fully saturated rings. The maximum absolute atomic E-state index is 12.1. The SMILES string of the molecule is COc1ccc(CNC(=O)COC(=O)Cc2csc(COc3ccc(C)cc3)n2)cc1OC. The minimum atomic E-state index is -0.521. The number of amides is 1. The molecule has 1 heterocycles. The predicted octanol–water partition coefficient (Wildman–Crippen LogP) is 3.45. The van der Waals surface area contributed by atoms with E-state index in [-0.39, 0.29) is 19.6 Å². The topological polar surface area (TPSA) is 96.0 Å². The number of benzene rings is 2. The molecule has 0 unspecified atom stereocenters. The summed E-state index contributed by atoms with van der Waals surface area (Å²) in [6.07, 6.45) is -0.00993. The summed E-state index contributed by atoms with van der Waals surface area (Å²) in [5, 5.41) is 5.24. The number of rotatable bonds is 11. The number of carbonyl (C=O) groups is 2. The minimum Gasteiger partial charge on any atom is -0.493 e. The van der Waals surface area contributed by atoms with Crippen molar-refractivity contribution in [3.8, 4) is 17.2 Å². The maximum atomic E-state index is 12.1. The zero-order chi connectivity index (χ0) is 23.6. The van der Waals surface area contributed by atoms with E-state index in [2.05, 4.69) is 10.3 Å². The minimum absolute atomic E-state index is 0.00993. The van der Waals surface area contributed by atoms with Gasteiger partial charge in [-0.15, -0.1) is 11.3 Å². The summed E-state index contributed by atoms with van der Waals surface area (Å²) in [6, 6.07) is 13.1. The van der Waals surface area contributed by atoms with E-state index in [4.69, 9.17) is 18.9 Å². The van der Waals surface area contributed by atoms with Crippen LogP contribution in [0.15, 0.2) is 47.8 Å².